The molecule has 0 radical (unpaired) electrons. The summed E-state index contributed by atoms with van der Waals surface area (Å²) in [5.74, 6) is 0.247. The van der Waals surface area contributed by atoms with Crippen LogP contribution in [0.5, 0.6) is 0 Å². The van der Waals surface area contributed by atoms with Gasteiger partial charge in [0.15, 0.2) is 0 Å². The van der Waals surface area contributed by atoms with Crippen molar-refractivity contribution in [3.05, 3.63) is 35.9 Å². The standard InChI is InChI=1S/C36H53F2N5O4/c1-8-35(5,6)25-18-22-43(32(46)29(34(2,3)4)41-33(47)42-36(7)19-13-10-14-20-36)28(25)31(45)40-26(23-27(37)38)30(44)39-21-17-24-15-11-9-12-16-24/h1,9,11-12,15-16,25-29H,10,13-14,17-23H2,2-7H3,(H,39,44)(H,40,45)(H2,41,42,47)/t25-,26?,28-,29+/m0/s1. The topological polar surface area (TPSA) is 120 Å². The first kappa shape index (κ1) is 37.8. The van der Waals surface area contributed by atoms with Crippen molar-refractivity contribution in [3.8, 4) is 12.3 Å². The summed E-state index contributed by atoms with van der Waals surface area (Å²) in [6.07, 6.45) is 7.79. The Labute approximate surface area is 278 Å². The van der Waals surface area contributed by atoms with Crippen molar-refractivity contribution >= 4 is 23.8 Å². The molecule has 1 unspecified atom stereocenters. The second kappa shape index (κ2) is 15.9. The molecule has 2 aliphatic rings. The number of urea groups is 1. The average Bonchev–Trinajstić information content (AvgIpc) is 3.46. The van der Waals surface area contributed by atoms with Gasteiger partial charge in [0.1, 0.15) is 18.1 Å². The minimum atomic E-state index is -2.86. The summed E-state index contributed by atoms with van der Waals surface area (Å²) < 4.78 is 27.3. The molecule has 1 saturated heterocycles. The van der Waals surface area contributed by atoms with E-state index in [9.17, 15) is 28.0 Å². The Morgan fingerprint density at radius 2 is 1.66 bits per heavy atom. The molecule has 0 spiro atoms. The number of carbonyl (C=O) groups is 4. The van der Waals surface area contributed by atoms with Gasteiger partial charge in [-0.05, 0) is 57.4 Å². The summed E-state index contributed by atoms with van der Waals surface area (Å²) in [6, 6.07) is 5.25. The monoisotopic (exact) mass is 657 g/mol. The third-order valence-electron chi connectivity index (χ3n) is 9.61. The van der Waals surface area contributed by atoms with Gasteiger partial charge in [-0.25, -0.2) is 13.6 Å². The zero-order valence-electron chi connectivity index (χ0n) is 28.8. The lowest BCUT2D eigenvalue weighted by Gasteiger charge is -2.39. The Bertz CT molecular complexity index is 1280. The molecule has 5 amide bonds. The van der Waals surface area contributed by atoms with Gasteiger partial charge in [0.25, 0.3) is 0 Å². The smallest absolute Gasteiger partial charge is 0.315 e. The van der Waals surface area contributed by atoms with Gasteiger partial charge in [0, 0.05) is 36.4 Å². The number of carbonyl (C=O) groups excluding carboxylic acids is 4. The van der Waals surface area contributed by atoms with E-state index in [2.05, 4.69) is 27.2 Å². The van der Waals surface area contributed by atoms with Gasteiger partial charge < -0.3 is 26.2 Å². The van der Waals surface area contributed by atoms with E-state index in [0.717, 1.165) is 37.7 Å². The van der Waals surface area contributed by atoms with Gasteiger partial charge in [-0.15, -0.1) is 12.3 Å². The summed E-state index contributed by atoms with van der Waals surface area (Å²) in [5, 5.41) is 11.1. The first-order valence-electron chi connectivity index (χ1n) is 16.7. The molecular formula is C36H53F2N5O4. The maximum absolute atomic E-state index is 14.3. The molecule has 4 atom stereocenters. The van der Waals surface area contributed by atoms with E-state index in [4.69, 9.17) is 6.42 Å². The highest BCUT2D eigenvalue weighted by Crippen LogP contribution is 2.40. The molecule has 1 heterocycles. The van der Waals surface area contributed by atoms with Crippen LogP contribution in [0, 0.1) is 29.1 Å². The number of nitrogens with zero attached hydrogens (tertiary/aromatic N) is 1. The Morgan fingerprint density at radius 1 is 1.02 bits per heavy atom. The molecule has 1 saturated carbocycles. The normalized spacial score (nSPS) is 20.9. The average molecular weight is 658 g/mol. The first-order valence-corrected chi connectivity index (χ1v) is 16.7. The van der Waals surface area contributed by atoms with E-state index in [0.29, 0.717) is 12.8 Å². The number of nitrogens with one attached hydrogen (secondary N) is 4. The van der Waals surface area contributed by atoms with Crippen LogP contribution in [-0.4, -0.2) is 71.8 Å². The molecule has 1 aliphatic heterocycles. The fraction of sp³-hybridized carbons (Fsp3) is 0.667. The lowest BCUT2D eigenvalue weighted by molar-refractivity contribution is -0.144. The number of likely N-dealkylation sites (tertiary alicyclic amines) is 1. The maximum atomic E-state index is 14.3. The number of terminal acetylenes is 1. The predicted octanol–water partition coefficient (Wildman–Crippen LogP) is 4.80. The van der Waals surface area contributed by atoms with Crippen LogP contribution in [0.2, 0.25) is 0 Å². The van der Waals surface area contributed by atoms with E-state index in [1.165, 1.54) is 4.90 Å². The maximum Gasteiger partial charge on any atom is 0.315 e. The van der Waals surface area contributed by atoms with E-state index >= 15 is 0 Å². The molecular weight excluding hydrogens is 604 g/mol. The SMILES string of the molecule is C#CC(C)(C)[C@H]1CCN(C(=O)[C@@H](NC(=O)NC2(C)CCCCC2)C(C)(C)C)[C@@H]1C(=O)NC(CC(F)F)C(=O)NCCc1ccccc1. The Morgan fingerprint density at radius 3 is 2.23 bits per heavy atom. The van der Waals surface area contributed by atoms with Crippen LogP contribution < -0.4 is 21.3 Å². The molecule has 1 aromatic carbocycles. The fourth-order valence-corrected chi connectivity index (χ4v) is 6.70. The Kier molecular flexibility index (Phi) is 12.8. The van der Waals surface area contributed by atoms with Crippen LogP contribution in [0.4, 0.5) is 13.6 Å². The second-order valence-corrected chi connectivity index (χ2v) is 15.0. The third-order valence-corrected chi connectivity index (χ3v) is 9.61. The second-order valence-electron chi connectivity index (χ2n) is 15.0. The van der Waals surface area contributed by atoms with E-state index in [1.54, 1.807) is 13.8 Å². The molecule has 1 aliphatic carbocycles. The van der Waals surface area contributed by atoms with Gasteiger partial charge in [0.2, 0.25) is 24.1 Å². The van der Waals surface area contributed by atoms with Crippen LogP contribution >= 0.6 is 0 Å². The molecule has 4 N–H and O–H groups in total. The summed E-state index contributed by atoms with van der Waals surface area (Å²) in [7, 11) is 0. The lowest BCUT2D eigenvalue weighted by atomic mass is 9.75. The van der Waals surface area contributed by atoms with Gasteiger partial charge in [-0.1, -0.05) is 70.4 Å². The number of hydrogen-bond donors (Lipinski definition) is 4. The minimum absolute atomic E-state index is 0.170. The molecule has 2 fully saturated rings. The van der Waals surface area contributed by atoms with Crippen LogP contribution in [0.15, 0.2) is 30.3 Å². The van der Waals surface area contributed by atoms with Crippen molar-refractivity contribution < 1.29 is 28.0 Å². The molecule has 47 heavy (non-hydrogen) atoms. The van der Waals surface area contributed by atoms with E-state index < -0.39 is 71.5 Å². The largest absolute Gasteiger partial charge is 0.354 e. The molecule has 0 aromatic heterocycles. The number of rotatable bonds is 12. The molecule has 9 nitrogen and oxygen atoms in total. The summed E-state index contributed by atoms with van der Waals surface area (Å²) in [5.41, 5.74) is -0.998. The highest BCUT2D eigenvalue weighted by molar-refractivity contribution is 5.95. The van der Waals surface area contributed by atoms with Crippen molar-refractivity contribution in [1.29, 1.82) is 0 Å². The predicted molar refractivity (Wildman–Crippen MR) is 178 cm³/mol. The van der Waals surface area contributed by atoms with E-state index in [-0.39, 0.29) is 18.6 Å². The van der Waals surface area contributed by atoms with Crippen molar-refractivity contribution in [3.63, 3.8) is 0 Å². The van der Waals surface area contributed by atoms with Gasteiger partial charge >= 0.3 is 6.03 Å². The Balaban J connectivity index is 1.83. The van der Waals surface area contributed by atoms with Gasteiger partial charge in [-0.2, -0.15) is 0 Å². The number of amides is 5. The van der Waals surface area contributed by atoms with Crippen LogP contribution in [0.3, 0.4) is 0 Å². The minimum Gasteiger partial charge on any atom is -0.354 e. The zero-order chi connectivity index (χ0) is 35.0. The third kappa shape index (κ3) is 10.4. The van der Waals surface area contributed by atoms with Crippen LogP contribution in [-0.2, 0) is 20.8 Å². The van der Waals surface area contributed by atoms with E-state index in [1.807, 2.05) is 58.0 Å². The number of halogens is 2. The van der Waals surface area contributed by atoms with Crippen LogP contribution in [0.25, 0.3) is 0 Å². The summed E-state index contributed by atoms with van der Waals surface area (Å²) in [6.45, 7) is 11.4. The van der Waals surface area contributed by atoms with Crippen molar-refractivity contribution in [2.75, 3.05) is 13.1 Å². The zero-order valence-corrected chi connectivity index (χ0v) is 28.8. The number of benzene rings is 1. The number of hydrogen-bond acceptors (Lipinski definition) is 4. The molecule has 260 valence electrons. The van der Waals surface area contributed by atoms with Crippen molar-refractivity contribution in [1.82, 2.24) is 26.2 Å². The quantitative estimate of drug-likeness (QED) is 0.242. The lowest BCUT2D eigenvalue weighted by Crippen LogP contribution is -2.62. The van der Waals surface area contributed by atoms with Gasteiger partial charge in [0.05, 0.1) is 0 Å². The number of alkyl halides is 2. The molecule has 3 rings (SSSR count). The fourth-order valence-electron chi connectivity index (χ4n) is 6.70. The molecule has 11 heteroatoms. The van der Waals surface area contributed by atoms with Crippen molar-refractivity contribution in [2.45, 2.75) is 123 Å². The molecule has 0 bridgehead atoms. The van der Waals surface area contributed by atoms with Crippen LogP contribution in [0.1, 0.15) is 92.1 Å². The Hall–Kier alpha value is -3.68. The first-order chi connectivity index (χ1) is 22.0. The highest BCUT2D eigenvalue weighted by atomic mass is 19.3. The highest BCUT2D eigenvalue weighted by Gasteiger charge is 2.51. The summed E-state index contributed by atoms with van der Waals surface area (Å²) >= 11 is 0. The summed E-state index contributed by atoms with van der Waals surface area (Å²) in [4.78, 5) is 56.1. The molecule has 1 aromatic rings. The van der Waals surface area contributed by atoms with Gasteiger partial charge in [-0.3, -0.25) is 14.4 Å². The van der Waals surface area contributed by atoms with Crippen molar-refractivity contribution in [2.24, 2.45) is 16.7 Å².